The van der Waals surface area contributed by atoms with Crippen molar-refractivity contribution in [2.24, 2.45) is 5.73 Å². The van der Waals surface area contributed by atoms with E-state index in [0.29, 0.717) is 0 Å². The third-order valence-electron chi connectivity index (χ3n) is 2.81. The smallest absolute Gasteiger partial charge is 0.330 e. The van der Waals surface area contributed by atoms with E-state index >= 15 is 0 Å². The maximum atomic E-state index is 12.7. The maximum absolute atomic E-state index is 12.7. The van der Waals surface area contributed by atoms with Crippen LogP contribution in [-0.4, -0.2) is 39.5 Å². The van der Waals surface area contributed by atoms with Gasteiger partial charge < -0.3 is 10.5 Å². The van der Waals surface area contributed by atoms with Gasteiger partial charge in [-0.3, -0.25) is 0 Å². The van der Waals surface area contributed by atoms with Crippen LogP contribution >= 0.6 is 0 Å². The molecule has 0 bridgehead atoms. The van der Waals surface area contributed by atoms with E-state index in [4.69, 9.17) is 5.73 Å². The van der Waals surface area contributed by atoms with E-state index in [1.807, 2.05) is 0 Å². The molecule has 0 spiro atoms. The highest BCUT2D eigenvalue weighted by Gasteiger charge is 2.40. The Kier molecular flexibility index (Phi) is 6.74. The fraction of sp³-hybridized carbons (Fsp3) is 0.571. The number of benzene rings is 1. The molecule has 5 nitrogen and oxygen atoms in total. The molecule has 0 aliphatic heterocycles. The zero-order valence-electron chi connectivity index (χ0n) is 13.2. The predicted octanol–water partition coefficient (Wildman–Crippen LogP) is 2.12. The molecule has 0 saturated carbocycles. The summed E-state index contributed by atoms with van der Waals surface area (Å²) in [5.41, 5.74) is 5.21. The number of rotatable bonds is 9. The first kappa shape index (κ1) is 20.8. The lowest BCUT2D eigenvalue weighted by atomic mass is 10.1. The lowest BCUT2D eigenvalue weighted by molar-refractivity contribution is -0.168. The molecule has 0 saturated heterocycles. The Morgan fingerprint density at radius 1 is 1.29 bits per heavy atom. The first-order chi connectivity index (χ1) is 10.8. The average molecular weight is 372 g/mol. The Morgan fingerprint density at radius 2 is 1.92 bits per heavy atom. The van der Waals surface area contributed by atoms with Crippen LogP contribution in [0.25, 0.3) is 0 Å². The van der Waals surface area contributed by atoms with E-state index < -0.39 is 41.1 Å². The first-order valence-electron chi connectivity index (χ1n) is 6.95. The molecule has 0 unspecified atom stereocenters. The lowest BCUT2D eigenvalue weighted by Gasteiger charge is -2.19. The van der Waals surface area contributed by atoms with Crippen molar-refractivity contribution < 1.29 is 30.7 Å². The quantitative estimate of drug-likeness (QED) is 0.651. The Bertz CT molecular complexity index is 646. The fourth-order valence-electron chi connectivity index (χ4n) is 1.53. The van der Waals surface area contributed by atoms with Gasteiger partial charge in [-0.1, -0.05) is 12.1 Å². The van der Waals surface area contributed by atoms with Crippen molar-refractivity contribution in [2.75, 3.05) is 13.2 Å². The molecule has 24 heavy (non-hydrogen) atoms. The zero-order valence-corrected chi connectivity index (χ0v) is 14.0. The lowest BCUT2D eigenvalue weighted by Crippen LogP contribution is -2.45. The molecule has 10 heteroatoms. The van der Waals surface area contributed by atoms with Gasteiger partial charge in [-0.05, 0) is 31.5 Å². The van der Waals surface area contributed by atoms with Crippen molar-refractivity contribution in [3.8, 4) is 0 Å². The number of alkyl halides is 4. The molecule has 1 aromatic rings. The summed E-state index contributed by atoms with van der Waals surface area (Å²) in [6, 6.07) is 5.36. The molecular weight excluding hydrogens is 352 g/mol. The number of halogens is 4. The summed E-state index contributed by atoms with van der Waals surface area (Å²) in [4.78, 5) is -0.103. The summed E-state index contributed by atoms with van der Waals surface area (Å²) >= 11 is 0. The minimum Gasteiger partial charge on any atom is -0.370 e. The highest BCUT2D eigenvalue weighted by Crippen LogP contribution is 2.23. The minimum absolute atomic E-state index is 0.00330. The van der Waals surface area contributed by atoms with E-state index in [-0.39, 0.29) is 17.0 Å². The molecule has 0 aliphatic carbocycles. The van der Waals surface area contributed by atoms with Crippen molar-refractivity contribution in [2.45, 2.75) is 43.2 Å². The molecule has 3 N–H and O–H groups in total. The molecule has 1 rings (SSSR count). The van der Waals surface area contributed by atoms with Crippen LogP contribution in [0, 0.1) is 0 Å². The van der Waals surface area contributed by atoms with Crippen LogP contribution in [0.5, 0.6) is 0 Å². The Hall–Kier alpha value is -1.23. The maximum Gasteiger partial charge on any atom is 0.330 e. The summed E-state index contributed by atoms with van der Waals surface area (Å²) < 4.78 is 80.6. The summed E-state index contributed by atoms with van der Waals surface area (Å²) in [6.45, 7) is 1.40. The average Bonchev–Trinajstić information content (AvgIpc) is 2.44. The Morgan fingerprint density at radius 3 is 2.46 bits per heavy atom. The van der Waals surface area contributed by atoms with Crippen LogP contribution in [0.3, 0.4) is 0 Å². The number of ether oxygens (including phenoxy) is 1. The second-order valence-electron chi connectivity index (χ2n) is 6.02. The third kappa shape index (κ3) is 6.71. The van der Waals surface area contributed by atoms with Crippen molar-refractivity contribution in [1.29, 1.82) is 0 Å². The van der Waals surface area contributed by atoms with Crippen molar-refractivity contribution in [1.82, 2.24) is 4.72 Å². The molecule has 0 radical (unpaired) electrons. The van der Waals surface area contributed by atoms with E-state index in [2.05, 4.69) is 9.46 Å². The number of nitrogens with two attached hydrogens (primary N) is 1. The van der Waals surface area contributed by atoms with Crippen LogP contribution in [0.4, 0.5) is 17.6 Å². The Labute approximate surface area is 138 Å². The number of hydrogen-bond acceptors (Lipinski definition) is 4. The topological polar surface area (TPSA) is 81.4 Å². The van der Waals surface area contributed by atoms with Crippen molar-refractivity contribution >= 4 is 10.0 Å². The molecular formula is C14H20F4N2O3S. The summed E-state index contributed by atoms with van der Waals surface area (Å²) in [5.74, 6) is -4.25. The fourth-order valence-corrected chi connectivity index (χ4v) is 2.83. The summed E-state index contributed by atoms with van der Waals surface area (Å²) in [7, 11) is -3.84. The van der Waals surface area contributed by atoms with Crippen LogP contribution in [0.2, 0.25) is 0 Å². The van der Waals surface area contributed by atoms with E-state index in [9.17, 15) is 26.0 Å². The number of nitrogens with one attached hydrogen (secondary N) is 1. The van der Waals surface area contributed by atoms with Crippen LogP contribution in [0.1, 0.15) is 19.4 Å². The van der Waals surface area contributed by atoms with Crippen LogP contribution in [-0.2, 0) is 21.4 Å². The zero-order chi connectivity index (χ0) is 18.6. The van der Waals surface area contributed by atoms with Gasteiger partial charge in [0.1, 0.15) is 6.61 Å². The van der Waals surface area contributed by atoms with Crippen LogP contribution < -0.4 is 10.5 Å². The molecule has 0 aromatic heterocycles. The first-order valence-corrected chi connectivity index (χ1v) is 8.43. The van der Waals surface area contributed by atoms with Crippen LogP contribution in [0.15, 0.2) is 29.2 Å². The second kappa shape index (κ2) is 7.77. The van der Waals surface area contributed by atoms with Gasteiger partial charge in [-0.15, -0.1) is 0 Å². The van der Waals surface area contributed by atoms with E-state index in [1.54, 1.807) is 13.8 Å². The Balaban J connectivity index is 2.73. The molecule has 1 aromatic carbocycles. The monoisotopic (exact) mass is 372 g/mol. The predicted molar refractivity (Wildman–Crippen MR) is 80.5 cm³/mol. The normalized spacial score (nSPS) is 13.5. The van der Waals surface area contributed by atoms with Crippen molar-refractivity contribution in [3.05, 3.63) is 29.8 Å². The molecule has 0 amide bonds. The highest BCUT2D eigenvalue weighted by molar-refractivity contribution is 7.89. The molecule has 0 atom stereocenters. The van der Waals surface area contributed by atoms with E-state index in [0.717, 1.165) is 0 Å². The largest absolute Gasteiger partial charge is 0.370 e. The van der Waals surface area contributed by atoms with Gasteiger partial charge in [-0.25, -0.2) is 21.9 Å². The highest BCUT2D eigenvalue weighted by atomic mass is 32.2. The standard InChI is InChI=1S/C14H20F4N2O3S/c1-13(2,19)8-20-24(21,22)11-5-3-4-10(6-11)7-23-9-14(17,18)12(15)16/h3-6,12,20H,7-9,19H2,1-2H3. The molecule has 0 aliphatic rings. The van der Waals surface area contributed by atoms with Crippen molar-refractivity contribution in [3.63, 3.8) is 0 Å². The second-order valence-corrected chi connectivity index (χ2v) is 7.78. The number of sulfonamides is 1. The van der Waals surface area contributed by atoms with Gasteiger partial charge in [0.05, 0.1) is 11.5 Å². The summed E-state index contributed by atoms with van der Waals surface area (Å²) in [6.07, 6.45) is -3.83. The molecule has 0 heterocycles. The molecule has 138 valence electrons. The van der Waals surface area contributed by atoms with Gasteiger partial charge >= 0.3 is 12.3 Å². The van der Waals surface area contributed by atoms with E-state index in [1.165, 1.54) is 24.3 Å². The minimum atomic E-state index is -4.25. The van der Waals surface area contributed by atoms with Gasteiger partial charge in [-0.2, -0.15) is 8.78 Å². The number of hydrogen-bond donors (Lipinski definition) is 2. The van der Waals surface area contributed by atoms with Gasteiger partial charge in [0.15, 0.2) is 0 Å². The van der Waals surface area contributed by atoms with Gasteiger partial charge in [0.2, 0.25) is 10.0 Å². The van der Waals surface area contributed by atoms with Gasteiger partial charge in [0.25, 0.3) is 0 Å². The third-order valence-corrected chi connectivity index (χ3v) is 4.21. The SMILES string of the molecule is CC(C)(N)CNS(=O)(=O)c1cccc(COCC(F)(F)C(F)F)c1. The molecule has 0 fully saturated rings. The summed E-state index contributed by atoms with van der Waals surface area (Å²) in [5, 5.41) is 0. The van der Waals surface area contributed by atoms with Gasteiger partial charge in [0, 0.05) is 12.1 Å².